The zero-order chi connectivity index (χ0) is 42.9. The number of phenolic OH excluding ortho intramolecular Hbond substituents is 2. The molecule has 0 unspecified atom stereocenters. The number of amides is 1. The summed E-state index contributed by atoms with van der Waals surface area (Å²) in [6, 6.07) is 10.9. The van der Waals surface area contributed by atoms with E-state index in [1.807, 2.05) is 52.7 Å². The van der Waals surface area contributed by atoms with Crippen LogP contribution >= 0.6 is 23.2 Å². The van der Waals surface area contributed by atoms with Crippen LogP contribution in [0.15, 0.2) is 73.8 Å². The predicted molar refractivity (Wildman–Crippen MR) is 232 cm³/mol. The van der Waals surface area contributed by atoms with Gasteiger partial charge in [-0.1, -0.05) is 61.0 Å². The van der Waals surface area contributed by atoms with E-state index in [1.165, 1.54) is 38.3 Å². The number of carbonyl (C=O) groups excluding carboxylic acids is 1. The highest BCUT2D eigenvalue weighted by Crippen LogP contribution is 2.40. The van der Waals surface area contributed by atoms with Crippen molar-refractivity contribution in [1.29, 1.82) is 0 Å². The number of hydrogen-bond acceptors (Lipinski definition) is 11. The fraction of sp³-hybridized carbons (Fsp3) is 0.500. The summed E-state index contributed by atoms with van der Waals surface area (Å²) in [5.74, 6) is 1.19. The lowest BCUT2D eigenvalue weighted by atomic mass is 9.92. The van der Waals surface area contributed by atoms with Gasteiger partial charge in [-0.15, -0.1) is 0 Å². The van der Waals surface area contributed by atoms with E-state index in [4.69, 9.17) is 34.0 Å². The third-order valence-electron chi connectivity index (χ3n) is 10.8. The van der Waals surface area contributed by atoms with Gasteiger partial charge in [0.2, 0.25) is 5.91 Å². The molecule has 0 saturated heterocycles. The molecule has 4 aromatic rings. The van der Waals surface area contributed by atoms with Gasteiger partial charge in [0.05, 0.1) is 16.5 Å². The van der Waals surface area contributed by atoms with Crippen molar-refractivity contribution in [2.24, 2.45) is 17.6 Å². The van der Waals surface area contributed by atoms with E-state index in [2.05, 4.69) is 35.1 Å². The Labute approximate surface area is 358 Å². The third kappa shape index (κ3) is 17.4. The van der Waals surface area contributed by atoms with Crippen molar-refractivity contribution in [2.75, 3.05) is 41.3 Å². The number of phenols is 2. The van der Waals surface area contributed by atoms with E-state index < -0.39 is 5.97 Å². The molecule has 2 aromatic heterocycles. The van der Waals surface area contributed by atoms with Crippen LogP contribution in [0.5, 0.6) is 11.5 Å². The Kier molecular flexibility index (Phi) is 19.2. The molecular formula is C44H60Cl2N8O5. The first-order valence-electron chi connectivity index (χ1n) is 20.2. The van der Waals surface area contributed by atoms with E-state index in [9.17, 15) is 19.8 Å². The molecular weight excluding hydrogens is 791 g/mol. The fourth-order valence-corrected chi connectivity index (χ4v) is 7.19. The van der Waals surface area contributed by atoms with Crippen molar-refractivity contribution in [3.63, 3.8) is 0 Å². The van der Waals surface area contributed by atoms with Crippen LogP contribution in [0.1, 0.15) is 85.5 Å². The summed E-state index contributed by atoms with van der Waals surface area (Å²) in [6.45, 7) is 1.15. The maximum Gasteiger partial charge on any atom is 0.303 e. The number of halogens is 2. The van der Waals surface area contributed by atoms with Gasteiger partial charge in [-0.2, -0.15) is 0 Å². The molecule has 2 aliphatic carbocycles. The normalized spacial score (nSPS) is 15.5. The van der Waals surface area contributed by atoms with Crippen LogP contribution in [0, 0.1) is 11.8 Å². The number of nitrogens with two attached hydrogens (primary N) is 1. The fourth-order valence-electron chi connectivity index (χ4n) is 6.78. The molecule has 2 saturated carbocycles. The molecule has 1 amide bonds. The Morgan fingerprint density at radius 2 is 1.15 bits per heavy atom. The molecule has 15 heteroatoms. The number of aromatic hydroxyl groups is 2. The zero-order valence-corrected chi connectivity index (χ0v) is 36.1. The van der Waals surface area contributed by atoms with Crippen LogP contribution < -0.4 is 11.1 Å². The molecule has 0 spiro atoms. The largest absolute Gasteiger partial charge is 0.506 e. The summed E-state index contributed by atoms with van der Waals surface area (Å²) in [4.78, 5) is 43.7. The summed E-state index contributed by atoms with van der Waals surface area (Å²) in [5.41, 5.74) is 9.76. The van der Waals surface area contributed by atoms with Crippen molar-refractivity contribution in [2.45, 2.75) is 88.1 Å². The van der Waals surface area contributed by atoms with Crippen molar-refractivity contribution >= 4 is 35.1 Å². The summed E-state index contributed by atoms with van der Waals surface area (Å²) in [7, 11) is 7.99. The number of nitrogens with one attached hydrogen (secondary N) is 1. The number of carboxylic acid groups (broad SMARTS) is 1. The molecule has 2 aromatic carbocycles. The minimum Gasteiger partial charge on any atom is -0.506 e. The van der Waals surface area contributed by atoms with Crippen molar-refractivity contribution in [1.82, 2.24) is 35.1 Å². The molecule has 4 atom stereocenters. The first-order chi connectivity index (χ1) is 28.2. The minimum atomic E-state index is -0.746. The summed E-state index contributed by atoms with van der Waals surface area (Å²) in [5, 5.41) is 31.6. The lowest BCUT2D eigenvalue weighted by molar-refractivity contribution is -0.137. The Bertz CT molecular complexity index is 1880. The first kappa shape index (κ1) is 47.3. The number of benzene rings is 2. The molecule has 0 aliphatic heterocycles. The van der Waals surface area contributed by atoms with Gasteiger partial charge in [-0.3, -0.25) is 9.59 Å². The molecule has 2 fully saturated rings. The zero-order valence-electron chi connectivity index (χ0n) is 34.6. The van der Waals surface area contributed by atoms with Crippen molar-refractivity contribution in [3.05, 3.63) is 106 Å². The van der Waals surface area contributed by atoms with E-state index in [-0.39, 0.29) is 41.7 Å². The molecule has 13 nitrogen and oxygen atoms in total. The number of aliphatic carboxylic acids is 1. The second-order valence-corrected chi connectivity index (χ2v) is 17.0. The topological polar surface area (TPSA) is 191 Å². The second kappa shape index (κ2) is 24.0. The van der Waals surface area contributed by atoms with Gasteiger partial charge < -0.3 is 36.2 Å². The highest BCUT2D eigenvalue weighted by atomic mass is 35.5. The number of carboxylic acids is 1. The Hall–Kier alpha value is -4.40. The van der Waals surface area contributed by atoms with Crippen molar-refractivity contribution in [3.8, 4) is 11.5 Å². The molecule has 59 heavy (non-hydrogen) atoms. The smallest absolute Gasteiger partial charge is 0.303 e. The number of nitrogens with zero attached hydrogens (tertiary/aromatic N) is 6. The Balaban J connectivity index is 0.000000215. The summed E-state index contributed by atoms with van der Waals surface area (Å²) in [6.07, 6.45) is 19.3. The van der Waals surface area contributed by atoms with Gasteiger partial charge in [0, 0.05) is 56.4 Å². The lowest BCUT2D eigenvalue weighted by Crippen LogP contribution is -2.41. The summed E-state index contributed by atoms with van der Waals surface area (Å²) < 4.78 is 0. The number of aromatic nitrogens is 4. The van der Waals surface area contributed by atoms with E-state index in [1.54, 1.807) is 36.7 Å². The maximum absolute atomic E-state index is 12.7. The highest BCUT2D eigenvalue weighted by molar-refractivity contribution is 6.32. The molecule has 2 heterocycles. The standard InChI is InChI=1S/C22H29ClN4O2.C11H17ClN2O.C11H14N2O2/c1-27(2)19(8-16-5-6-21(28)20(23)9-16)13-26-22(29)10-17(7-15-3-4-15)18-11-24-14-25-12-18;1-14(2)9(7-13)5-8-3-4-11(15)10(12)6-8;14-11(15)4-9(3-8-1-2-8)10-5-12-7-13-6-10/h5-6,9,11-12,14-15,17,19,28H,3-4,7-8,10,13H2,1-2H3,(H,26,29);3-4,6,9,15H,5,7,13H2,1-2H3;5-9H,1-4H2,(H,14,15)/t17-,19+;2*9-/m101/s1. The van der Waals surface area contributed by atoms with Gasteiger partial charge in [0.25, 0.3) is 0 Å². The first-order valence-corrected chi connectivity index (χ1v) is 20.9. The van der Waals surface area contributed by atoms with E-state index in [0.717, 1.165) is 59.8 Å². The van der Waals surface area contributed by atoms with Gasteiger partial charge in [0.1, 0.15) is 24.2 Å². The van der Waals surface area contributed by atoms with Gasteiger partial charge in [-0.25, -0.2) is 19.9 Å². The number of carbonyl (C=O) groups is 2. The molecule has 6 rings (SSSR count). The predicted octanol–water partition coefficient (Wildman–Crippen LogP) is 6.71. The molecule has 2 aliphatic rings. The highest BCUT2D eigenvalue weighted by Gasteiger charge is 2.29. The molecule has 320 valence electrons. The number of likely N-dealkylation sites (N-methyl/N-ethyl adjacent to an activating group) is 2. The van der Waals surface area contributed by atoms with Crippen LogP contribution in [0.2, 0.25) is 10.0 Å². The average molecular weight is 852 g/mol. The molecule has 0 radical (unpaired) electrons. The lowest BCUT2D eigenvalue weighted by Gasteiger charge is -2.25. The van der Waals surface area contributed by atoms with Crippen LogP contribution in [0.4, 0.5) is 0 Å². The quantitative estimate of drug-likeness (QED) is 0.0672. The summed E-state index contributed by atoms with van der Waals surface area (Å²) >= 11 is 11.8. The second-order valence-electron chi connectivity index (χ2n) is 16.2. The van der Waals surface area contributed by atoms with Gasteiger partial charge in [-0.05, 0) is 124 Å². The van der Waals surface area contributed by atoms with Gasteiger partial charge >= 0.3 is 5.97 Å². The molecule has 0 bridgehead atoms. The van der Waals surface area contributed by atoms with Crippen LogP contribution in [0.3, 0.4) is 0 Å². The Morgan fingerprint density at radius 1 is 0.729 bits per heavy atom. The minimum absolute atomic E-state index is 0.0510. The van der Waals surface area contributed by atoms with Crippen LogP contribution in [-0.2, 0) is 22.4 Å². The number of rotatable bonds is 19. The number of hydrogen-bond donors (Lipinski definition) is 5. The van der Waals surface area contributed by atoms with Crippen LogP contribution in [-0.4, -0.2) is 110 Å². The SMILES string of the molecule is CN(C)[C@H](CN)Cc1ccc(O)c(Cl)c1.CN(C)[C@H](CNC(=O)C[C@@H](CC1CC1)c1cncnc1)Cc1ccc(O)c(Cl)c1.O=C(O)C[C@@H](CC1CC1)c1cncnc1. The van der Waals surface area contributed by atoms with Gasteiger partial charge in [0.15, 0.2) is 0 Å². The average Bonchev–Trinajstić information content (AvgIpc) is 4.16. The third-order valence-corrected chi connectivity index (χ3v) is 11.4. The van der Waals surface area contributed by atoms with E-state index >= 15 is 0 Å². The monoisotopic (exact) mass is 850 g/mol. The van der Waals surface area contributed by atoms with E-state index in [0.29, 0.717) is 35.6 Å². The van der Waals surface area contributed by atoms with Crippen LogP contribution in [0.25, 0.3) is 0 Å². The Morgan fingerprint density at radius 3 is 1.53 bits per heavy atom. The molecule has 6 N–H and O–H groups in total. The maximum atomic E-state index is 12.7. The van der Waals surface area contributed by atoms with Crippen molar-refractivity contribution < 1.29 is 24.9 Å².